The molecule has 1 fully saturated rings. The fourth-order valence-electron chi connectivity index (χ4n) is 4.77. The van der Waals surface area contributed by atoms with Crippen molar-refractivity contribution in [1.82, 2.24) is 14.5 Å². The van der Waals surface area contributed by atoms with Gasteiger partial charge in [0.2, 0.25) is 5.91 Å². The number of ether oxygens (including phenoxy) is 1. The minimum absolute atomic E-state index is 0.0225. The number of rotatable bonds is 9. The molecule has 2 amide bonds. The van der Waals surface area contributed by atoms with Gasteiger partial charge in [-0.1, -0.05) is 41.4 Å². The summed E-state index contributed by atoms with van der Waals surface area (Å²) in [5.41, 5.74) is 2.24. The number of halogens is 2. The van der Waals surface area contributed by atoms with E-state index < -0.39 is 15.9 Å². The molecule has 0 aromatic heterocycles. The first-order valence-electron chi connectivity index (χ1n) is 13.2. The maximum atomic E-state index is 13.3. The molecule has 2 atom stereocenters. The maximum Gasteiger partial charge on any atom is 0.264 e. The lowest BCUT2D eigenvalue weighted by atomic mass is 10.1. The SMILES string of the molecule is Cc1ccc(S(=O)(=O)NC(=O)Cc2cc(Cl)ccc2OCC(=O)N2CC(C)N(Cc3ccc(F)cc3)CC2C)cc1. The van der Waals surface area contributed by atoms with Gasteiger partial charge in [-0.05, 0) is 68.8 Å². The quantitative estimate of drug-likeness (QED) is 0.392. The molecule has 1 heterocycles. The second-order valence-corrected chi connectivity index (χ2v) is 12.5. The van der Waals surface area contributed by atoms with Crippen molar-refractivity contribution in [3.8, 4) is 5.75 Å². The number of hydrogen-bond donors (Lipinski definition) is 1. The molecule has 41 heavy (non-hydrogen) atoms. The van der Waals surface area contributed by atoms with Crippen LogP contribution in [-0.4, -0.2) is 61.8 Å². The third-order valence-electron chi connectivity index (χ3n) is 7.04. The van der Waals surface area contributed by atoms with E-state index in [0.29, 0.717) is 30.2 Å². The number of carbonyl (C=O) groups excluding carboxylic acids is 2. The molecule has 4 rings (SSSR count). The van der Waals surface area contributed by atoms with Gasteiger partial charge in [0.1, 0.15) is 11.6 Å². The van der Waals surface area contributed by atoms with E-state index >= 15 is 0 Å². The molecule has 0 radical (unpaired) electrons. The summed E-state index contributed by atoms with van der Waals surface area (Å²) in [6.45, 7) is 7.37. The fraction of sp³-hybridized carbons (Fsp3) is 0.333. The Kier molecular flexibility index (Phi) is 9.68. The average molecular weight is 602 g/mol. The molecule has 0 aliphatic carbocycles. The van der Waals surface area contributed by atoms with Crippen LogP contribution in [0.15, 0.2) is 71.6 Å². The lowest BCUT2D eigenvalue weighted by Gasteiger charge is -2.44. The van der Waals surface area contributed by atoms with E-state index in [-0.39, 0.29) is 47.5 Å². The zero-order chi connectivity index (χ0) is 29.7. The Morgan fingerprint density at radius 3 is 2.37 bits per heavy atom. The number of amides is 2. The predicted molar refractivity (Wildman–Crippen MR) is 155 cm³/mol. The number of sulfonamides is 1. The van der Waals surface area contributed by atoms with Crippen molar-refractivity contribution in [2.24, 2.45) is 0 Å². The molecule has 0 saturated carbocycles. The Balaban J connectivity index is 1.36. The van der Waals surface area contributed by atoms with Crippen LogP contribution in [0.2, 0.25) is 5.02 Å². The Labute approximate surface area is 245 Å². The first kappa shape index (κ1) is 30.5. The molecule has 1 saturated heterocycles. The normalized spacial score (nSPS) is 17.7. The molecule has 218 valence electrons. The van der Waals surface area contributed by atoms with E-state index in [9.17, 15) is 22.4 Å². The van der Waals surface area contributed by atoms with E-state index in [4.69, 9.17) is 16.3 Å². The highest BCUT2D eigenvalue weighted by atomic mass is 35.5. The van der Waals surface area contributed by atoms with Crippen LogP contribution in [0.3, 0.4) is 0 Å². The molecule has 8 nitrogen and oxygen atoms in total. The number of piperazine rings is 1. The van der Waals surface area contributed by atoms with Gasteiger partial charge in [0, 0.05) is 42.3 Å². The summed E-state index contributed by atoms with van der Waals surface area (Å²) in [5.74, 6) is -0.981. The van der Waals surface area contributed by atoms with Crippen molar-refractivity contribution in [2.75, 3.05) is 19.7 Å². The third kappa shape index (κ3) is 8.06. The van der Waals surface area contributed by atoms with Gasteiger partial charge in [-0.15, -0.1) is 0 Å². The zero-order valence-electron chi connectivity index (χ0n) is 23.1. The van der Waals surface area contributed by atoms with Gasteiger partial charge in [-0.2, -0.15) is 0 Å². The molecule has 1 N–H and O–H groups in total. The molecule has 2 unspecified atom stereocenters. The predicted octanol–water partition coefficient (Wildman–Crippen LogP) is 4.34. The Morgan fingerprint density at radius 1 is 1.00 bits per heavy atom. The van der Waals surface area contributed by atoms with Crippen molar-refractivity contribution in [1.29, 1.82) is 0 Å². The van der Waals surface area contributed by atoms with Crippen LogP contribution >= 0.6 is 11.6 Å². The number of nitrogens with one attached hydrogen (secondary N) is 1. The lowest BCUT2D eigenvalue weighted by molar-refractivity contribution is -0.139. The molecule has 0 spiro atoms. The van der Waals surface area contributed by atoms with Crippen molar-refractivity contribution >= 4 is 33.4 Å². The van der Waals surface area contributed by atoms with Crippen LogP contribution in [0, 0.1) is 12.7 Å². The fourth-order valence-corrected chi connectivity index (χ4v) is 5.95. The van der Waals surface area contributed by atoms with Crippen molar-refractivity contribution in [2.45, 2.75) is 50.7 Å². The second kappa shape index (κ2) is 13.0. The van der Waals surface area contributed by atoms with Crippen LogP contribution in [0.5, 0.6) is 5.75 Å². The number of aryl methyl sites for hydroxylation is 1. The molecule has 1 aliphatic rings. The number of hydrogen-bond acceptors (Lipinski definition) is 6. The highest BCUT2D eigenvalue weighted by Gasteiger charge is 2.32. The Bertz CT molecular complexity index is 1500. The summed E-state index contributed by atoms with van der Waals surface area (Å²) in [6.07, 6.45) is -0.315. The van der Waals surface area contributed by atoms with E-state index in [0.717, 1.165) is 11.1 Å². The summed E-state index contributed by atoms with van der Waals surface area (Å²) >= 11 is 6.14. The minimum atomic E-state index is -4.05. The third-order valence-corrected chi connectivity index (χ3v) is 8.66. The standard InChI is InChI=1S/C30H33ClFN3O5S/c1-20-4-11-27(12-5-20)41(38,39)33-29(36)15-24-14-25(31)8-13-28(24)40-19-30(37)35-17-21(2)34(16-22(35)3)18-23-6-9-26(32)10-7-23/h4-14,21-22H,15-19H2,1-3H3,(H,33,36). The van der Waals surface area contributed by atoms with Crippen LogP contribution in [0.4, 0.5) is 4.39 Å². The Hall–Kier alpha value is -3.47. The van der Waals surface area contributed by atoms with Gasteiger partial charge in [0.05, 0.1) is 11.3 Å². The van der Waals surface area contributed by atoms with Crippen LogP contribution in [0.25, 0.3) is 0 Å². The summed E-state index contributed by atoms with van der Waals surface area (Å²) in [5, 5.41) is 0.340. The van der Waals surface area contributed by atoms with Crippen molar-refractivity contribution in [3.05, 3.63) is 94.3 Å². The topological polar surface area (TPSA) is 96.0 Å². The summed E-state index contributed by atoms with van der Waals surface area (Å²) < 4.78 is 46.4. The molecule has 0 bridgehead atoms. The first-order chi connectivity index (χ1) is 19.4. The molecular weight excluding hydrogens is 569 g/mol. The van der Waals surface area contributed by atoms with Gasteiger partial charge >= 0.3 is 0 Å². The van der Waals surface area contributed by atoms with Crippen molar-refractivity contribution in [3.63, 3.8) is 0 Å². The number of benzene rings is 3. The minimum Gasteiger partial charge on any atom is -0.483 e. The number of carbonyl (C=O) groups is 2. The van der Waals surface area contributed by atoms with Crippen molar-refractivity contribution < 1.29 is 27.1 Å². The van der Waals surface area contributed by atoms with Gasteiger partial charge in [0.25, 0.3) is 15.9 Å². The highest BCUT2D eigenvalue weighted by Crippen LogP contribution is 2.25. The summed E-state index contributed by atoms with van der Waals surface area (Å²) in [6, 6.07) is 17.2. The van der Waals surface area contributed by atoms with Crippen LogP contribution in [0.1, 0.15) is 30.5 Å². The smallest absolute Gasteiger partial charge is 0.264 e. The van der Waals surface area contributed by atoms with E-state index in [1.54, 1.807) is 41.3 Å². The monoisotopic (exact) mass is 601 g/mol. The molecular formula is C30H33ClFN3O5S. The van der Waals surface area contributed by atoms with Gasteiger partial charge in [-0.25, -0.2) is 17.5 Å². The number of nitrogens with zero attached hydrogens (tertiary/aromatic N) is 2. The summed E-state index contributed by atoms with van der Waals surface area (Å²) in [4.78, 5) is 29.8. The largest absolute Gasteiger partial charge is 0.483 e. The first-order valence-corrected chi connectivity index (χ1v) is 15.1. The van der Waals surface area contributed by atoms with Gasteiger partial charge < -0.3 is 9.64 Å². The average Bonchev–Trinajstić information content (AvgIpc) is 2.91. The molecule has 1 aliphatic heterocycles. The van der Waals surface area contributed by atoms with Gasteiger partial charge in [0.15, 0.2) is 6.61 Å². The van der Waals surface area contributed by atoms with Gasteiger partial charge in [-0.3, -0.25) is 14.5 Å². The maximum absolute atomic E-state index is 13.3. The highest BCUT2D eigenvalue weighted by molar-refractivity contribution is 7.90. The zero-order valence-corrected chi connectivity index (χ0v) is 24.7. The lowest BCUT2D eigenvalue weighted by Crippen LogP contribution is -2.58. The van der Waals surface area contributed by atoms with Crippen LogP contribution in [-0.2, 0) is 32.6 Å². The van der Waals surface area contributed by atoms with Crippen LogP contribution < -0.4 is 9.46 Å². The second-order valence-electron chi connectivity index (χ2n) is 10.4. The molecule has 11 heteroatoms. The van der Waals surface area contributed by atoms with E-state index in [1.165, 1.54) is 30.3 Å². The van der Waals surface area contributed by atoms with E-state index in [2.05, 4.69) is 9.62 Å². The molecule has 3 aromatic carbocycles. The summed E-state index contributed by atoms with van der Waals surface area (Å²) in [7, 11) is -4.05. The Morgan fingerprint density at radius 2 is 1.68 bits per heavy atom. The van der Waals surface area contributed by atoms with E-state index in [1.807, 2.05) is 20.8 Å². The molecule has 3 aromatic rings.